The Morgan fingerprint density at radius 2 is 1.93 bits per heavy atom. The van der Waals surface area contributed by atoms with E-state index in [1.165, 1.54) is 0 Å². The molecule has 4 heterocycles. The van der Waals surface area contributed by atoms with Crippen molar-refractivity contribution in [1.29, 1.82) is 0 Å². The van der Waals surface area contributed by atoms with Gasteiger partial charge in [0.15, 0.2) is 0 Å². The van der Waals surface area contributed by atoms with Crippen LogP contribution in [0.5, 0.6) is 0 Å². The molecule has 1 aliphatic heterocycles. The Hall–Kier alpha value is -3.38. The van der Waals surface area contributed by atoms with Crippen molar-refractivity contribution >= 4 is 34.2 Å². The number of hydrogen-bond donors (Lipinski definition) is 1. The zero-order valence-electron chi connectivity index (χ0n) is 16.1. The molecule has 30 heavy (non-hydrogen) atoms. The number of aromatic nitrogens is 2. The van der Waals surface area contributed by atoms with E-state index in [9.17, 15) is 4.79 Å². The van der Waals surface area contributed by atoms with E-state index in [0.29, 0.717) is 10.7 Å². The third-order valence-electron chi connectivity index (χ3n) is 5.40. The molecule has 1 fully saturated rings. The number of nitrogens with one attached hydrogen (secondary N) is 1. The minimum Gasteiger partial charge on any atom is -0.464 e. The smallest absolute Gasteiger partial charge is 0.251 e. The Kier molecular flexibility index (Phi) is 4.85. The third-order valence-corrected chi connectivity index (χ3v) is 5.61. The number of benzene rings is 1. The monoisotopic (exact) mass is 418 g/mol. The van der Waals surface area contributed by atoms with Crippen molar-refractivity contribution in [3.63, 3.8) is 0 Å². The Bertz CT molecular complexity index is 1210. The van der Waals surface area contributed by atoms with E-state index in [0.717, 1.165) is 47.4 Å². The molecule has 3 aromatic heterocycles. The maximum absolute atomic E-state index is 12.7. The van der Waals surface area contributed by atoms with Crippen LogP contribution in [0.4, 0.5) is 5.69 Å². The first-order valence-corrected chi connectivity index (χ1v) is 10.2. The number of furan rings is 1. The van der Waals surface area contributed by atoms with E-state index in [-0.39, 0.29) is 11.9 Å². The second kappa shape index (κ2) is 7.80. The molecule has 150 valence electrons. The van der Waals surface area contributed by atoms with Gasteiger partial charge in [-0.15, -0.1) is 0 Å². The summed E-state index contributed by atoms with van der Waals surface area (Å²) in [6.45, 7) is 1.61. The van der Waals surface area contributed by atoms with Gasteiger partial charge < -0.3 is 14.6 Å². The van der Waals surface area contributed by atoms with E-state index in [4.69, 9.17) is 16.0 Å². The summed E-state index contributed by atoms with van der Waals surface area (Å²) in [5.74, 6) is -0.0735. The lowest BCUT2D eigenvalue weighted by atomic mass is 10.1. The fraction of sp³-hybridized carbons (Fsp3) is 0.174. The summed E-state index contributed by atoms with van der Waals surface area (Å²) in [5.41, 5.74) is 4.24. The molecule has 1 N–H and O–H groups in total. The molecule has 0 saturated carbocycles. The SMILES string of the molecule is O=C(N[C@H]1CCN(c2ccnc(Cl)c2)C1)c1ccc(-c2nccc3occc23)cc1. The van der Waals surface area contributed by atoms with Gasteiger partial charge in [0.2, 0.25) is 0 Å². The van der Waals surface area contributed by atoms with Crippen molar-refractivity contribution in [2.75, 3.05) is 18.0 Å². The predicted molar refractivity (Wildman–Crippen MR) is 117 cm³/mol. The molecule has 4 aromatic rings. The van der Waals surface area contributed by atoms with Crippen LogP contribution < -0.4 is 10.2 Å². The third kappa shape index (κ3) is 3.62. The fourth-order valence-electron chi connectivity index (χ4n) is 3.87. The summed E-state index contributed by atoms with van der Waals surface area (Å²) in [7, 11) is 0. The molecule has 0 unspecified atom stereocenters. The molecule has 1 aliphatic rings. The molecule has 1 atom stereocenters. The normalized spacial score (nSPS) is 16.2. The van der Waals surface area contributed by atoms with Crippen LogP contribution >= 0.6 is 11.6 Å². The second-order valence-electron chi connectivity index (χ2n) is 7.31. The Morgan fingerprint density at radius 3 is 2.77 bits per heavy atom. The van der Waals surface area contributed by atoms with Crippen molar-refractivity contribution in [3.8, 4) is 11.3 Å². The number of anilines is 1. The first-order valence-electron chi connectivity index (χ1n) is 9.77. The average Bonchev–Trinajstić information content (AvgIpc) is 3.43. The van der Waals surface area contributed by atoms with Crippen molar-refractivity contribution in [2.24, 2.45) is 0 Å². The van der Waals surface area contributed by atoms with Crippen LogP contribution in [0, 0.1) is 0 Å². The fourth-order valence-corrected chi connectivity index (χ4v) is 4.04. The van der Waals surface area contributed by atoms with Crippen LogP contribution in [0.25, 0.3) is 22.2 Å². The summed E-state index contributed by atoms with van der Waals surface area (Å²) in [6, 6.07) is 15.1. The standard InChI is InChI=1S/C23H19ClN4O2/c24-21-13-18(5-9-25-21)28-11-7-17(14-28)27-23(29)16-3-1-15(2-4-16)22-19-8-12-30-20(19)6-10-26-22/h1-6,8-10,12-13,17H,7,11,14H2,(H,27,29)/t17-/m0/s1. The highest BCUT2D eigenvalue weighted by Crippen LogP contribution is 2.27. The Morgan fingerprint density at radius 1 is 1.10 bits per heavy atom. The lowest BCUT2D eigenvalue weighted by Gasteiger charge is -2.19. The van der Waals surface area contributed by atoms with Crippen LogP contribution in [0.15, 0.2) is 71.6 Å². The maximum atomic E-state index is 12.7. The number of halogens is 1. The molecule has 1 aromatic carbocycles. The molecule has 0 radical (unpaired) electrons. The van der Waals surface area contributed by atoms with Crippen molar-refractivity contribution in [1.82, 2.24) is 15.3 Å². The molecule has 0 spiro atoms. The number of amides is 1. The van der Waals surface area contributed by atoms with Crippen LogP contribution in [-0.2, 0) is 0 Å². The zero-order chi connectivity index (χ0) is 20.5. The number of rotatable bonds is 4. The first-order chi connectivity index (χ1) is 14.7. The van der Waals surface area contributed by atoms with Gasteiger partial charge in [-0.3, -0.25) is 9.78 Å². The van der Waals surface area contributed by atoms with E-state index in [2.05, 4.69) is 20.2 Å². The van der Waals surface area contributed by atoms with Crippen LogP contribution in [0.1, 0.15) is 16.8 Å². The molecular weight excluding hydrogens is 400 g/mol. The van der Waals surface area contributed by atoms with E-state index < -0.39 is 0 Å². The maximum Gasteiger partial charge on any atom is 0.251 e. The quantitative estimate of drug-likeness (QED) is 0.492. The van der Waals surface area contributed by atoms with Gasteiger partial charge in [0.1, 0.15) is 10.7 Å². The highest BCUT2D eigenvalue weighted by atomic mass is 35.5. The highest BCUT2D eigenvalue weighted by Gasteiger charge is 2.24. The van der Waals surface area contributed by atoms with Gasteiger partial charge in [0.25, 0.3) is 5.91 Å². The summed E-state index contributed by atoms with van der Waals surface area (Å²) >= 11 is 5.99. The summed E-state index contributed by atoms with van der Waals surface area (Å²) in [6.07, 6.45) is 5.96. The lowest BCUT2D eigenvalue weighted by Crippen LogP contribution is -2.37. The van der Waals surface area contributed by atoms with Gasteiger partial charge in [0.05, 0.1) is 12.0 Å². The highest BCUT2D eigenvalue weighted by molar-refractivity contribution is 6.29. The Labute approximate surface area is 178 Å². The van der Waals surface area contributed by atoms with Crippen LogP contribution in [0.3, 0.4) is 0 Å². The van der Waals surface area contributed by atoms with Gasteiger partial charge in [-0.2, -0.15) is 0 Å². The molecule has 5 rings (SSSR count). The number of fused-ring (bicyclic) bond motifs is 1. The molecular formula is C23H19ClN4O2. The van der Waals surface area contributed by atoms with Crippen LogP contribution in [0.2, 0.25) is 5.15 Å². The predicted octanol–water partition coefficient (Wildman–Crippen LogP) is 4.55. The molecule has 0 bridgehead atoms. The number of pyridine rings is 2. The number of carbonyl (C=O) groups is 1. The number of carbonyl (C=O) groups excluding carboxylic acids is 1. The van der Waals surface area contributed by atoms with Crippen molar-refractivity contribution < 1.29 is 9.21 Å². The van der Waals surface area contributed by atoms with Gasteiger partial charge in [-0.05, 0) is 42.8 Å². The van der Waals surface area contributed by atoms with Gasteiger partial charge in [-0.1, -0.05) is 23.7 Å². The summed E-state index contributed by atoms with van der Waals surface area (Å²) in [5, 5.41) is 4.56. The largest absolute Gasteiger partial charge is 0.464 e. The van der Waals surface area contributed by atoms with Gasteiger partial charge >= 0.3 is 0 Å². The van der Waals surface area contributed by atoms with Crippen molar-refractivity contribution in [3.05, 3.63) is 77.9 Å². The summed E-state index contributed by atoms with van der Waals surface area (Å²) < 4.78 is 5.44. The van der Waals surface area contributed by atoms with E-state index in [1.807, 2.05) is 48.5 Å². The minimum absolute atomic E-state index is 0.0735. The van der Waals surface area contributed by atoms with Crippen LogP contribution in [-0.4, -0.2) is 35.0 Å². The summed E-state index contributed by atoms with van der Waals surface area (Å²) in [4.78, 5) is 23.4. The topological polar surface area (TPSA) is 71.3 Å². The molecule has 1 saturated heterocycles. The van der Waals surface area contributed by atoms with E-state index in [1.54, 1.807) is 18.7 Å². The molecule has 6 nitrogen and oxygen atoms in total. The number of hydrogen-bond acceptors (Lipinski definition) is 5. The average molecular weight is 419 g/mol. The Balaban J connectivity index is 1.26. The lowest BCUT2D eigenvalue weighted by molar-refractivity contribution is 0.0940. The van der Waals surface area contributed by atoms with E-state index >= 15 is 0 Å². The first kappa shape index (κ1) is 18.6. The second-order valence-corrected chi connectivity index (χ2v) is 7.70. The number of nitrogens with zero attached hydrogens (tertiary/aromatic N) is 3. The molecule has 0 aliphatic carbocycles. The van der Waals surface area contributed by atoms with Gasteiger partial charge in [-0.25, -0.2) is 4.98 Å². The molecule has 1 amide bonds. The van der Waals surface area contributed by atoms with Crippen molar-refractivity contribution in [2.45, 2.75) is 12.5 Å². The van der Waals surface area contributed by atoms with Gasteiger partial charge in [0, 0.05) is 53.7 Å². The minimum atomic E-state index is -0.0735. The zero-order valence-corrected chi connectivity index (χ0v) is 16.8. The molecule has 7 heteroatoms.